The molecule has 0 saturated heterocycles. The summed E-state index contributed by atoms with van der Waals surface area (Å²) in [6, 6.07) is -0.346. The van der Waals surface area contributed by atoms with Crippen LogP contribution in [0.5, 0.6) is 0 Å². The summed E-state index contributed by atoms with van der Waals surface area (Å²) in [5, 5.41) is 15.1. The maximum atomic E-state index is 12.0. The molecule has 1 atom stereocenters. The van der Waals surface area contributed by atoms with Crippen molar-refractivity contribution in [2.75, 3.05) is 6.54 Å². The molecule has 2 aliphatic carbocycles. The van der Waals surface area contributed by atoms with E-state index in [2.05, 4.69) is 29.7 Å². The van der Waals surface area contributed by atoms with Gasteiger partial charge in [-0.15, -0.1) is 0 Å². The summed E-state index contributed by atoms with van der Waals surface area (Å²) in [5.41, 5.74) is -1.08. The molecular formula is C16H26N2O3. The molecule has 21 heavy (non-hydrogen) atoms. The highest BCUT2D eigenvalue weighted by Gasteiger charge is 2.42. The zero-order chi connectivity index (χ0) is 15.3. The molecule has 0 bridgehead atoms. The van der Waals surface area contributed by atoms with Gasteiger partial charge in [-0.25, -0.2) is 9.59 Å². The Kier molecular flexibility index (Phi) is 5.26. The number of carbonyl (C=O) groups excluding carboxylic acids is 1. The van der Waals surface area contributed by atoms with Crippen molar-refractivity contribution in [3.63, 3.8) is 0 Å². The van der Waals surface area contributed by atoms with Crippen molar-refractivity contribution in [1.29, 1.82) is 0 Å². The van der Waals surface area contributed by atoms with E-state index in [1.54, 1.807) is 0 Å². The van der Waals surface area contributed by atoms with Gasteiger partial charge >= 0.3 is 12.0 Å². The van der Waals surface area contributed by atoms with Crippen molar-refractivity contribution in [3.8, 4) is 0 Å². The Hall–Kier alpha value is -1.52. The first-order valence-electron chi connectivity index (χ1n) is 7.96. The molecule has 0 aromatic carbocycles. The van der Waals surface area contributed by atoms with Crippen LogP contribution in [0.3, 0.4) is 0 Å². The minimum atomic E-state index is -1.08. The third-order valence-electron chi connectivity index (χ3n) is 4.82. The Labute approximate surface area is 126 Å². The van der Waals surface area contributed by atoms with E-state index in [0.29, 0.717) is 31.2 Å². The number of urea groups is 1. The standard InChI is InChI=1S/C16H26N2O3/c1-12-7-9-16(10-8-12,14(19)20)18-15(21)17-11-13-5-3-2-4-6-13/h2-3,12-13H,4-11H2,1H3,(H,19,20)(H2,17,18,21). The van der Waals surface area contributed by atoms with Crippen LogP contribution in [0.25, 0.3) is 0 Å². The highest BCUT2D eigenvalue weighted by molar-refractivity contribution is 5.86. The lowest BCUT2D eigenvalue weighted by atomic mass is 9.77. The lowest BCUT2D eigenvalue weighted by Gasteiger charge is -2.36. The third-order valence-corrected chi connectivity index (χ3v) is 4.82. The summed E-state index contributed by atoms with van der Waals surface area (Å²) >= 11 is 0. The van der Waals surface area contributed by atoms with Gasteiger partial charge in [-0.1, -0.05) is 19.1 Å². The van der Waals surface area contributed by atoms with Gasteiger partial charge in [0.1, 0.15) is 5.54 Å². The maximum Gasteiger partial charge on any atom is 0.329 e. The fourth-order valence-corrected chi connectivity index (χ4v) is 3.19. The normalized spacial score (nSPS) is 32.4. The first-order chi connectivity index (χ1) is 10.0. The number of amides is 2. The number of hydrogen-bond donors (Lipinski definition) is 3. The number of carboxylic acid groups (broad SMARTS) is 1. The summed E-state index contributed by atoms with van der Waals surface area (Å²) in [5.74, 6) is 0.0921. The summed E-state index contributed by atoms with van der Waals surface area (Å²) in [4.78, 5) is 23.6. The number of allylic oxidation sites excluding steroid dienone is 2. The number of hydrogen-bond acceptors (Lipinski definition) is 2. The fourth-order valence-electron chi connectivity index (χ4n) is 3.19. The second-order valence-corrected chi connectivity index (χ2v) is 6.56. The molecule has 0 aliphatic heterocycles. The van der Waals surface area contributed by atoms with E-state index in [1.807, 2.05) is 0 Å². The van der Waals surface area contributed by atoms with Crippen molar-refractivity contribution in [3.05, 3.63) is 12.2 Å². The SMILES string of the molecule is CC1CCC(NC(=O)NCC2CC=CCC2)(C(=O)O)CC1. The average molecular weight is 294 g/mol. The summed E-state index contributed by atoms with van der Waals surface area (Å²) in [7, 11) is 0. The summed E-state index contributed by atoms with van der Waals surface area (Å²) < 4.78 is 0. The smallest absolute Gasteiger partial charge is 0.329 e. The second-order valence-electron chi connectivity index (χ2n) is 6.56. The molecule has 2 amide bonds. The molecule has 0 spiro atoms. The molecule has 1 saturated carbocycles. The van der Waals surface area contributed by atoms with E-state index in [4.69, 9.17) is 0 Å². The van der Waals surface area contributed by atoms with E-state index in [0.717, 1.165) is 32.1 Å². The highest BCUT2D eigenvalue weighted by atomic mass is 16.4. The van der Waals surface area contributed by atoms with Crippen molar-refractivity contribution >= 4 is 12.0 Å². The van der Waals surface area contributed by atoms with Crippen LogP contribution >= 0.6 is 0 Å². The molecule has 0 heterocycles. The van der Waals surface area contributed by atoms with Gasteiger partial charge < -0.3 is 15.7 Å². The predicted molar refractivity (Wildman–Crippen MR) is 81.0 cm³/mol. The first-order valence-corrected chi connectivity index (χ1v) is 7.96. The van der Waals surface area contributed by atoms with E-state index >= 15 is 0 Å². The van der Waals surface area contributed by atoms with E-state index in [9.17, 15) is 14.7 Å². The van der Waals surface area contributed by atoms with Crippen LogP contribution in [0.15, 0.2) is 12.2 Å². The summed E-state index contributed by atoms with van der Waals surface area (Å²) in [6.45, 7) is 2.74. The number of rotatable bonds is 4. The zero-order valence-corrected chi connectivity index (χ0v) is 12.7. The van der Waals surface area contributed by atoms with E-state index in [-0.39, 0.29) is 6.03 Å². The second kappa shape index (κ2) is 6.96. The molecule has 2 rings (SSSR count). The van der Waals surface area contributed by atoms with Gasteiger partial charge in [0.05, 0.1) is 0 Å². The van der Waals surface area contributed by atoms with Gasteiger partial charge in [-0.3, -0.25) is 0 Å². The monoisotopic (exact) mass is 294 g/mol. The van der Waals surface area contributed by atoms with E-state index < -0.39 is 11.5 Å². The average Bonchev–Trinajstić information content (AvgIpc) is 2.48. The largest absolute Gasteiger partial charge is 0.480 e. The molecule has 0 aromatic rings. The van der Waals surface area contributed by atoms with Crippen molar-refractivity contribution in [1.82, 2.24) is 10.6 Å². The lowest BCUT2D eigenvalue weighted by molar-refractivity contribution is -0.146. The van der Waals surface area contributed by atoms with Gasteiger partial charge in [0.15, 0.2) is 0 Å². The number of carboxylic acids is 1. The molecule has 118 valence electrons. The zero-order valence-electron chi connectivity index (χ0n) is 12.7. The van der Waals surface area contributed by atoms with Crippen LogP contribution in [0.4, 0.5) is 4.79 Å². The van der Waals surface area contributed by atoms with Crippen LogP contribution in [0, 0.1) is 11.8 Å². The minimum absolute atomic E-state index is 0.346. The van der Waals surface area contributed by atoms with Gasteiger partial charge in [-0.05, 0) is 56.8 Å². The Morgan fingerprint density at radius 1 is 1.24 bits per heavy atom. The predicted octanol–water partition coefficient (Wildman–Crippen LogP) is 2.68. The van der Waals surface area contributed by atoms with E-state index in [1.165, 1.54) is 0 Å². The van der Waals surface area contributed by atoms with Crippen LogP contribution in [-0.4, -0.2) is 29.2 Å². The maximum absolute atomic E-state index is 12.0. The lowest BCUT2D eigenvalue weighted by Crippen LogP contribution is -2.58. The van der Waals surface area contributed by atoms with Crippen molar-refractivity contribution in [2.24, 2.45) is 11.8 Å². The van der Waals surface area contributed by atoms with Gasteiger partial charge in [-0.2, -0.15) is 0 Å². The molecule has 1 unspecified atom stereocenters. The van der Waals surface area contributed by atoms with Crippen LogP contribution in [0.1, 0.15) is 51.9 Å². The Morgan fingerprint density at radius 3 is 2.52 bits per heavy atom. The Bertz CT molecular complexity index is 412. The van der Waals surface area contributed by atoms with Gasteiger partial charge in [0.2, 0.25) is 0 Å². The Morgan fingerprint density at radius 2 is 1.95 bits per heavy atom. The fraction of sp³-hybridized carbons (Fsp3) is 0.750. The molecule has 5 nitrogen and oxygen atoms in total. The number of aliphatic carboxylic acids is 1. The Balaban J connectivity index is 1.84. The molecule has 2 aliphatic rings. The quantitative estimate of drug-likeness (QED) is 0.697. The highest BCUT2D eigenvalue weighted by Crippen LogP contribution is 2.32. The summed E-state index contributed by atoms with van der Waals surface area (Å²) in [6.07, 6.45) is 10.2. The minimum Gasteiger partial charge on any atom is -0.480 e. The van der Waals surface area contributed by atoms with Gasteiger partial charge in [0, 0.05) is 6.54 Å². The molecular weight excluding hydrogens is 268 g/mol. The first kappa shape index (κ1) is 15.9. The van der Waals surface area contributed by atoms with Crippen LogP contribution in [0.2, 0.25) is 0 Å². The van der Waals surface area contributed by atoms with Crippen molar-refractivity contribution in [2.45, 2.75) is 57.4 Å². The van der Waals surface area contributed by atoms with Crippen molar-refractivity contribution < 1.29 is 14.7 Å². The number of nitrogens with one attached hydrogen (secondary N) is 2. The molecule has 5 heteroatoms. The molecule has 3 N–H and O–H groups in total. The van der Waals surface area contributed by atoms with Crippen LogP contribution in [-0.2, 0) is 4.79 Å². The molecule has 1 fully saturated rings. The number of carbonyl (C=O) groups is 2. The van der Waals surface area contributed by atoms with Crippen LogP contribution < -0.4 is 10.6 Å². The molecule has 0 aromatic heterocycles. The molecule has 0 radical (unpaired) electrons. The topological polar surface area (TPSA) is 78.4 Å². The van der Waals surface area contributed by atoms with Gasteiger partial charge in [0.25, 0.3) is 0 Å². The third kappa shape index (κ3) is 4.22.